The number of fused-ring (bicyclic) bond motifs is 1. The van der Waals surface area contributed by atoms with Crippen LogP contribution < -0.4 is 10.6 Å². The van der Waals surface area contributed by atoms with Crippen LogP contribution in [0.25, 0.3) is 6.08 Å². The van der Waals surface area contributed by atoms with Crippen molar-refractivity contribution in [2.75, 3.05) is 11.9 Å². The number of ether oxygens (including phenoxy) is 1. The summed E-state index contributed by atoms with van der Waals surface area (Å²) in [6, 6.07) is 9.40. The molecule has 2 amide bonds. The van der Waals surface area contributed by atoms with Gasteiger partial charge in [-0.05, 0) is 60.6 Å². The summed E-state index contributed by atoms with van der Waals surface area (Å²) in [4.78, 5) is 29.4. The highest BCUT2D eigenvalue weighted by molar-refractivity contribution is 7.16. The SMILES string of the molecule is N#Cc1c(NC(=O)/C=C/c2ccco2)sc2c1CCC(COC(=O)NCc1cccnc1)C2. The van der Waals surface area contributed by atoms with Crippen LogP contribution in [0.5, 0.6) is 0 Å². The standard InChI is InChI=1S/C24H22N4O4S/c25-12-20-19-7-5-16(15-32-24(30)27-14-17-3-1-9-26-13-17)11-21(19)33-23(20)28-22(29)8-6-18-4-2-10-31-18/h1-4,6,8-10,13,16H,5,7,11,14-15H2,(H,27,30)(H,28,29)/b8-6+. The van der Waals surface area contributed by atoms with E-state index in [9.17, 15) is 14.9 Å². The first-order valence-corrected chi connectivity index (χ1v) is 11.3. The third kappa shape index (κ3) is 5.87. The molecule has 1 unspecified atom stereocenters. The number of carbonyl (C=O) groups is 2. The molecule has 4 rings (SSSR count). The molecule has 0 aromatic carbocycles. The van der Waals surface area contributed by atoms with Crippen LogP contribution in [0.4, 0.5) is 9.80 Å². The monoisotopic (exact) mass is 462 g/mol. The van der Waals surface area contributed by atoms with Gasteiger partial charge < -0.3 is 19.8 Å². The van der Waals surface area contributed by atoms with E-state index in [0.29, 0.717) is 42.3 Å². The molecule has 0 aliphatic heterocycles. The third-order valence-corrected chi connectivity index (χ3v) is 6.44. The van der Waals surface area contributed by atoms with Gasteiger partial charge in [-0.3, -0.25) is 9.78 Å². The maximum atomic E-state index is 12.3. The number of alkyl carbamates (subject to hydrolysis) is 1. The van der Waals surface area contributed by atoms with E-state index < -0.39 is 6.09 Å². The molecule has 3 heterocycles. The molecule has 0 saturated carbocycles. The number of pyridine rings is 1. The van der Waals surface area contributed by atoms with Gasteiger partial charge in [-0.25, -0.2) is 4.79 Å². The first kappa shape index (κ1) is 22.3. The van der Waals surface area contributed by atoms with Gasteiger partial charge in [0, 0.05) is 29.9 Å². The lowest BCUT2D eigenvalue weighted by Crippen LogP contribution is -2.27. The number of nitrogens with one attached hydrogen (secondary N) is 2. The van der Waals surface area contributed by atoms with Crippen LogP contribution in [0.2, 0.25) is 0 Å². The zero-order valence-electron chi connectivity index (χ0n) is 17.7. The minimum atomic E-state index is -0.468. The van der Waals surface area contributed by atoms with Gasteiger partial charge in [0.15, 0.2) is 0 Å². The Balaban J connectivity index is 1.31. The number of carbonyl (C=O) groups excluding carboxylic acids is 2. The first-order chi connectivity index (χ1) is 16.1. The second kappa shape index (κ2) is 10.6. The van der Waals surface area contributed by atoms with Crippen molar-refractivity contribution in [2.24, 2.45) is 5.92 Å². The second-order valence-electron chi connectivity index (χ2n) is 7.58. The smallest absolute Gasteiger partial charge is 0.407 e. The van der Waals surface area contributed by atoms with Crippen LogP contribution in [0.1, 0.15) is 33.7 Å². The molecule has 1 atom stereocenters. The molecule has 3 aromatic heterocycles. The van der Waals surface area contributed by atoms with Gasteiger partial charge in [0.25, 0.3) is 0 Å². The molecule has 1 aliphatic rings. The topological polar surface area (TPSA) is 117 Å². The van der Waals surface area contributed by atoms with Gasteiger partial charge >= 0.3 is 6.09 Å². The molecule has 0 bridgehead atoms. The Bertz CT molecular complexity index is 1180. The summed E-state index contributed by atoms with van der Waals surface area (Å²) in [5.74, 6) is 0.407. The van der Waals surface area contributed by atoms with Crippen LogP contribution in [-0.4, -0.2) is 23.6 Å². The Morgan fingerprint density at radius 1 is 1.36 bits per heavy atom. The van der Waals surface area contributed by atoms with Crippen LogP contribution in [0.3, 0.4) is 0 Å². The predicted molar refractivity (Wildman–Crippen MR) is 123 cm³/mol. The van der Waals surface area contributed by atoms with Crippen molar-refractivity contribution in [1.82, 2.24) is 10.3 Å². The summed E-state index contributed by atoms with van der Waals surface area (Å²) in [7, 11) is 0. The zero-order chi connectivity index (χ0) is 23.0. The van der Waals surface area contributed by atoms with Crippen molar-refractivity contribution < 1.29 is 18.7 Å². The van der Waals surface area contributed by atoms with E-state index in [1.165, 1.54) is 23.7 Å². The number of furan rings is 1. The molecule has 33 heavy (non-hydrogen) atoms. The molecule has 0 radical (unpaired) electrons. The Morgan fingerprint density at radius 3 is 3.03 bits per heavy atom. The fourth-order valence-corrected chi connectivity index (χ4v) is 4.94. The number of thiophene rings is 1. The molecule has 8 nitrogen and oxygen atoms in total. The van der Waals surface area contributed by atoms with E-state index in [1.807, 2.05) is 12.1 Å². The quantitative estimate of drug-likeness (QED) is 0.506. The maximum absolute atomic E-state index is 12.3. The minimum absolute atomic E-state index is 0.161. The summed E-state index contributed by atoms with van der Waals surface area (Å²) in [6.07, 6.45) is 9.58. The highest BCUT2D eigenvalue weighted by Gasteiger charge is 2.27. The van der Waals surface area contributed by atoms with Gasteiger partial charge in [0.1, 0.15) is 16.8 Å². The van der Waals surface area contributed by atoms with Crippen molar-refractivity contribution in [3.05, 3.63) is 76.3 Å². The first-order valence-electron chi connectivity index (χ1n) is 10.5. The highest BCUT2D eigenvalue weighted by Crippen LogP contribution is 2.39. The van der Waals surface area contributed by atoms with E-state index in [2.05, 4.69) is 21.7 Å². The number of hydrogen-bond acceptors (Lipinski definition) is 7. The summed E-state index contributed by atoms with van der Waals surface area (Å²) in [5, 5.41) is 15.7. The Hall–Kier alpha value is -3.90. The van der Waals surface area contributed by atoms with Crippen molar-refractivity contribution in [1.29, 1.82) is 5.26 Å². The average Bonchev–Trinajstić information content (AvgIpc) is 3.47. The van der Waals surface area contributed by atoms with E-state index in [4.69, 9.17) is 9.15 Å². The van der Waals surface area contributed by atoms with Gasteiger partial charge in [0.05, 0.1) is 18.4 Å². The molecule has 1 aliphatic carbocycles. The summed E-state index contributed by atoms with van der Waals surface area (Å²) < 4.78 is 10.6. The molecular formula is C24H22N4O4S. The number of nitriles is 1. The normalized spacial score (nSPS) is 14.9. The van der Waals surface area contributed by atoms with Crippen LogP contribution >= 0.6 is 11.3 Å². The fourth-order valence-electron chi connectivity index (χ4n) is 3.62. The number of anilines is 1. The molecule has 9 heteroatoms. The van der Waals surface area contributed by atoms with Crippen LogP contribution in [0.15, 0.2) is 53.4 Å². The molecule has 168 valence electrons. The average molecular weight is 463 g/mol. The second-order valence-corrected chi connectivity index (χ2v) is 8.69. The largest absolute Gasteiger partial charge is 0.465 e. The number of rotatable bonds is 7. The lowest BCUT2D eigenvalue weighted by atomic mass is 9.88. The Kier molecular flexibility index (Phi) is 7.17. The molecule has 0 saturated heterocycles. The van der Waals surface area contributed by atoms with Crippen LogP contribution in [-0.2, 0) is 28.9 Å². The van der Waals surface area contributed by atoms with Gasteiger partial charge in [-0.15, -0.1) is 11.3 Å². The van der Waals surface area contributed by atoms with E-state index >= 15 is 0 Å². The minimum Gasteiger partial charge on any atom is -0.465 e. The summed E-state index contributed by atoms with van der Waals surface area (Å²) in [6.45, 7) is 0.654. The van der Waals surface area contributed by atoms with E-state index in [0.717, 1.165) is 22.4 Å². The van der Waals surface area contributed by atoms with Crippen molar-refractivity contribution in [2.45, 2.75) is 25.8 Å². The van der Waals surface area contributed by atoms with Crippen molar-refractivity contribution >= 4 is 34.4 Å². The van der Waals surface area contributed by atoms with Gasteiger partial charge in [-0.2, -0.15) is 5.26 Å². The molecule has 0 spiro atoms. The zero-order valence-corrected chi connectivity index (χ0v) is 18.6. The lowest BCUT2D eigenvalue weighted by Gasteiger charge is -2.21. The number of hydrogen-bond donors (Lipinski definition) is 2. The van der Waals surface area contributed by atoms with Gasteiger partial charge in [0.2, 0.25) is 5.91 Å². The Morgan fingerprint density at radius 2 is 2.27 bits per heavy atom. The number of nitrogens with zero attached hydrogens (tertiary/aromatic N) is 2. The van der Waals surface area contributed by atoms with Crippen molar-refractivity contribution in [3.8, 4) is 6.07 Å². The predicted octanol–water partition coefficient (Wildman–Crippen LogP) is 4.29. The summed E-state index contributed by atoms with van der Waals surface area (Å²) in [5.41, 5.74) is 2.39. The Labute approximate surface area is 194 Å². The van der Waals surface area contributed by atoms with Crippen LogP contribution in [0, 0.1) is 17.2 Å². The molecule has 0 fully saturated rings. The number of amides is 2. The molecular weight excluding hydrogens is 440 g/mol. The molecule has 3 aromatic rings. The summed E-state index contributed by atoms with van der Waals surface area (Å²) >= 11 is 1.41. The van der Waals surface area contributed by atoms with Gasteiger partial charge in [-0.1, -0.05) is 6.07 Å². The third-order valence-electron chi connectivity index (χ3n) is 5.27. The number of aromatic nitrogens is 1. The van der Waals surface area contributed by atoms with E-state index in [1.54, 1.807) is 30.6 Å². The van der Waals surface area contributed by atoms with E-state index in [-0.39, 0.29) is 11.8 Å². The van der Waals surface area contributed by atoms with Crippen molar-refractivity contribution in [3.63, 3.8) is 0 Å². The maximum Gasteiger partial charge on any atom is 0.407 e. The highest BCUT2D eigenvalue weighted by atomic mass is 32.1. The lowest BCUT2D eigenvalue weighted by molar-refractivity contribution is -0.111. The fraction of sp³-hybridized carbons (Fsp3) is 0.250. The molecule has 2 N–H and O–H groups in total.